The van der Waals surface area contributed by atoms with Crippen LogP contribution in [0.1, 0.15) is 23.5 Å². The molecular weight excluding hydrogens is 256 g/mol. The van der Waals surface area contributed by atoms with Crippen molar-refractivity contribution >= 4 is 5.69 Å². The second kappa shape index (κ2) is 5.19. The normalized spacial score (nSPS) is 27.3. The standard InChI is InChI=1S/C19H22N2/c1-20-12-11-19-17(14-20)16-9-5-6-10-18(16)21(19)13-15-7-3-2-4-8-15/h2-10,17,19H,11-14H2,1H3/p+1. The molecular formula is C19H23N2+. The van der Waals surface area contributed by atoms with Gasteiger partial charge in [0.05, 0.1) is 26.1 Å². The molecule has 1 saturated heterocycles. The Morgan fingerprint density at radius 3 is 2.67 bits per heavy atom. The van der Waals surface area contributed by atoms with Gasteiger partial charge < -0.3 is 9.80 Å². The van der Waals surface area contributed by atoms with Crippen molar-refractivity contribution in [2.24, 2.45) is 0 Å². The van der Waals surface area contributed by atoms with Gasteiger partial charge in [-0.2, -0.15) is 0 Å². The molecule has 0 bridgehead atoms. The fourth-order valence-electron chi connectivity index (χ4n) is 4.12. The van der Waals surface area contributed by atoms with Crippen molar-refractivity contribution in [1.82, 2.24) is 0 Å². The number of rotatable bonds is 2. The van der Waals surface area contributed by atoms with Crippen LogP contribution in [0.25, 0.3) is 0 Å². The fraction of sp³-hybridized carbons (Fsp3) is 0.368. The lowest BCUT2D eigenvalue weighted by Crippen LogP contribution is -3.11. The van der Waals surface area contributed by atoms with Crippen molar-refractivity contribution in [1.29, 1.82) is 0 Å². The Kier molecular flexibility index (Phi) is 3.19. The van der Waals surface area contributed by atoms with E-state index < -0.39 is 0 Å². The first-order valence-electron chi connectivity index (χ1n) is 8.04. The molecule has 2 aliphatic rings. The van der Waals surface area contributed by atoms with Gasteiger partial charge in [-0.25, -0.2) is 0 Å². The fourth-order valence-corrected chi connectivity index (χ4v) is 4.12. The molecule has 4 rings (SSSR count). The zero-order valence-corrected chi connectivity index (χ0v) is 12.6. The van der Waals surface area contributed by atoms with Crippen LogP contribution in [0.4, 0.5) is 5.69 Å². The molecule has 2 aromatic carbocycles. The van der Waals surface area contributed by atoms with Crippen molar-refractivity contribution in [3.8, 4) is 0 Å². The largest absolute Gasteiger partial charge is 0.363 e. The van der Waals surface area contributed by atoms with Crippen LogP contribution in [-0.2, 0) is 6.54 Å². The van der Waals surface area contributed by atoms with Crippen LogP contribution in [0.15, 0.2) is 54.6 Å². The lowest BCUT2D eigenvalue weighted by atomic mass is 9.89. The number of hydrogen-bond donors (Lipinski definition) is 1. The van der Waals surface area contributed by atoms with E-state index in [1.165, 1.54) is 30.8 Å². The van der Waals surface area contributed by atoms with E-state index >= 15 is 0 Å². The van der Waals surface area contributed by atoms with Gasteiger partial charge in [-0.15, -0.1) is 0 Å². The molecule has 2 aromatic rings. The molecule has 2 heteroatoms. The van der Waals surface area contributed by atoms with Crippen molar-refractivity contribution in [2.45, 2.75) is 24.9 Å². The highest BCUT2D eigenvalue weighted by Gasteiger charge is 2.42. The maximum absolute atomic E-state index is 2.65. The number of fused-ring (bicyclic) bond motifs is 3. The minimum Gasteiger partial charge on any atom is -0.363 e. The van der Waals surface area contributed by atoms with Gasteiger partial charge in [0.15, 0.2) is 0 Å². The topological polar surface area (TPSA) is 7.68 Å². The van der Waals surface area contributed by atoms with E-state index in [2.05, 4.69) is 66.5 Å². The second-order valence-corrected chi connectivity index (χ2v) is 6.55. The minimum atomic E-state index is 0.686. The zero-order valence-electron chi connectivity index (χ0n) is 12.6. The smallest absolute Gasteiger partial charge is 0.0859 e. The summed E-state index contributed by atoms with van der Waals surface area (Å²) in [6.45, 7) is 3.60. The van der Waals surface area contributed by atoms with Gasteiger partial charge in [-0.3, -0.25) is 0 Å². The van der Waals surface area contributed by atoms with E-state index in [-0.39, 0.29) is 0 Å². The molecule has 0 radical (unpaired) electrons. The highest BCUT2D eigenvalue weighted by molar-refractivity contribution is 5.62. The summed E-state index contributed by atoms with van der Waals surface area (Å²) in [5.41, 5.74) is 4.45. The first-order chi connectivity index (χ1) is 10.3. The van der Waals surface area contributed by atoms with E-state index in [0.29, 0.717) is 12.0 Å². The van der Waals surface area contributed by atoms with E-state index in [0.717, 1.165) is 6.54 Å². The minimum absolute atomic E-state index is 0.686. The van der Waals surface area contributed by atoms with E-state index in [1.807, 2.05) is 0 Å². The van der Waals surface area contributed by atoms with Crippen molar-refractivity contribution < 1.29 is 4.90 Å². The summed E-state index contributed by atoms with van der Waals surface area (Å²) < 4.78 is 0. The van der Waals surface area contributed by atoms with E-state index in [9.17, 15) is 0 Å². The third kappa shape index (κ3) is 2.24. The first-order valence-corrected chi connectivity index (χ1v) is 8.04. The van der Waals surface area contributed by atoms with Crippen molar-refractivity contribution in [3.63, 3.8) is 0 Å². The predicted octanol–water partition coefficient (Wildman–Crippen LogP) is 2.08. The van der Waals surface area contributed by atoms with E-state index in [4.69, 9.17) is 0 Å². The summed E-state index contributed by atoms with van der Waals surface area (Å²) in [4.78, 5) is 4.33. The number of likely N-dealkylation sites (tertiary alicyclic amines) is 1. The maximum Gasteiger partial charge on any atom is 0.0859 e. The van der Waals surface area contributed by atoms with Crippen molar-refractivity contribution in [3.05, 3.63) is 65.7 Å². The molecule has 0 amide bonds. The summed E-state index contributed by atoms with van der Waals surface area (Å²) in [7, 11) is 2.33. The van der Waals surface area contributed by atoms with Gasteiger partial charge in [0.25, 0.3) is 0 Å². The number of likely N-dealkylation sites (N-methyl/N-ethyl adjacent to an activating group) is 1. The lowest BCUT2D eigenvalue weighted by molar-refractivity contribution is -0.886. The Labute approximate surface area is 127 Å². The Balaban J connectivity index is 1.69. The van der Waals surface area contributed by atoms with Crippen LogP contribution in [0, 0.1) is 0 Å². The molecule has 2 nitrogen and oxygen atoms in total. The number of hydrogen-bond acceptors (Lipinski definition) is 1. The van der Waals surface area contributed by atoms with Crippen LogP contribution in [0.5, 0.6) is 0 Å². The highest BCUT2D eigenvalue weighted by atomic mass is 15.2. The van der Waals surface area contributed by atoms with Gasteiger partial charge in [0, 0.05) is 24.7 Å². The Morgan fingerprint density at radius 1 is 1.05 bits per heavy atom. The Hall–Kier alpha value is -1.80. The molecule has 3 atom stereocenters. The molecule has 0 aromatic heterocycles. The van der Waals surface area contributed by atoms with Crippen LogP contribution in [-0.4, -0.2) is 26.2 Å². The van der Waals surface area contributed by atoms with Gasteiger partial charge in [-0.1, -0.05) is 48.5 Å². The summed E-state index contributed by atoms with van der Waals surface area (Å²) in [5.74, 6) is 0.707. The maximum atomic E-state index is 2.65. The number of piperidine rings is 1. The lowest BCUT2D eigenvalue weighted by Gasteiger charge is -2.35. The van der Waals surface area contributed by atoms with Crippen LogP contribution < -0.4 is 9.80 Å². The summed E-state index contributed by atoms with van der Waals surface area (Å²) in [5, 5.41) is 0. The predicted molar refractivity (Wildman–Crippen MR) is 86.8 cm³/mol. The highest BCUT2D eigenvalue weighted by Crippen LogP contribution is 2.43. The number of nitrogens with one attached hydrogen (secondary N) is 1. The first kappa shape index (κ1) is 12.9. The summed E-state index contributed by atoms with van der Waals surface area (Å²) in [6.07, 6.45) is 1.30. The van der Waals surface area contributed by atoms with Gasteiger partial charge in [-0.05, 0) is 17.2 Å². The Morgan fingerprint density at radius 2 is 1.81 bits per heavy atom. The second-order valence-electron chi connectivity index (χ2n) is 6.55. The molecule has 2 aliphatic heterocycles. The zero-order chi connectivity index (χ0) is 14.2. The number of nitrogens with zero attached hydrogens (tertiary/aromatic N) is 1. The average molecular weight is 279 g/mol. The molecule has 2 heterocycles. The van der Waals surface area contributed by atoms with Crippen molar-refractivity contribution in [2.75, 3.05) is 25.0 Å². The molecule has 1 fully saturated rings. The van der Waals surface area contributed by atoms with Gasteiger partial charge in [0.1, 0.15) is 0 Å². The molecule has 0 saturated carbocycles. The third-order valence-corrected chi connectivity index (χ3v) is 5.14. The number of quaternary nitrogens is 1. The van der Waals surface area contributed by atoms with Gasteiger partial charge >= 0.3 is 0 Å². The summed E-state index contributed by atoms with van der Waals surface area (Å²) in [6, 6.07) is 20.6. The molecule has 0 spiro atoms. The molecule has 108 valence electrons. The van der Waals surface area contributed by atoms with Crippen LogP contribution >= 0.6 is 0 Å². The average Bonchev–Trinajstić information content (AvgIpc) is 2.82. The third-order valence-electron chi connectivity index (χ3n) is 5.14. The van der Waals surface area contributed by atoms with E-state index in [1.54, 1.807) is 10.5 Å². The SMILES string of the molecule is C[NH+]1CCC2C(C1)c1ccccc1N2Cc1ccccc1. The van der Waals surface area contributed by atoms with Gasteiger partial charge in [0.2, 0.25) is 0 Å². The quantitative estimate of drug-likeness (QED) is 0.884. The molecule has 1 N–H and O–H groups in total. The Bertz CT molecular complexity index is 622. The van der Waals surface area contributed by atoms with Crippen LogP contribution in [0.3, 0.4) is 0 Å². The monoisotopic (exact) mass is 279 g/mol. The number of para-hydroxylation sites is 1. The molecule has 21 heavy (non-hydrogen) atoms. The number of benzene rings is 2. The molecule has 0 aliphatic carbocycles. The van der Waals surface area contributed by atoms with Crippen LogP contribution in [0.2, 0.25) is 0 Å². The molecule has 3 unspecified atom stereocenters. The number of anilines is 1. The summed E-state index contributed by atoms with van der Waals surface area (Å²) >= 11 is 0.